The average molecular weight is 297 g/mol. The number of aryl methyl sites for hydroxylation is 1. The highest BCUT2D eigenvalue weighted by atomic mass is 35.5. The Kier molecular flexibility index (Phi) is 3.76. The van der Waals surface area contributed by atoms with Gasteiger partial charge in [-0.2, -0.15) is 0 Å². The van der Waals surface area contributed by atoms with Crippen LogP contribution in [-0.2, 0) is 11.2 Å². The highest BCUT2D eigenvalue weighted by molar-refractivity contribution is 6.29. The molecule has 0 radical (unpaired) electrons. The molecule has 0 spiro atoms. The normalized spacial score (nSPS) is 29.6. The van der Waals surface area contributed by atoms with E-state index in [9.17, 15) is 4.79 Å². The molecular formula is C15H21ClN2O2. The molecule has 0 aromatic carbocycles. The first-order valence-electron chi connectivity index (χ1n) is 7.44. The maximum Gasteiger partial charge on any atom is 0.229 e. The fraction of sp³-hybridized carbons (Fsp3) is 0.733. The van der Waals surface area contributed by atoms with E-state index in [2.05, 4.69) is 17.4 Å². The molecule has 3 rings (SSSR count). The highest BCUT2D eigenvalue weighted by Crippen LogP contribution is 2.49. The van der Waals surface area contributed by atoms with Gasteiger partial charge in [-0.1, -0.05) is 11.6 Å². The van der Waals surface area contributed by atoms with Gasteiger partial charge in [0.25, 0.3) is 0 Å². The zero-order valence-corrected chi connectivity index (χ0v) is 12.7. The molecule has 0 saturated heterocycles. The summed E-state index contributed by atoms with van der Waals surface area (Å²) in [4.78, 5) is 12.1. The van der Waals surface area contributed by atoms with Gasteiger partial charge < -0.3 is 9.84 Å². The Morgan fingerprint density at radius 1 is 1.50 bits per heavy atom. The fourth-order valence-corrected chi connectivity index (χ4v) is 4.28. The van der Waals surface area contributed by atoms with Crippen LogP contribution < -0.4 is 5.32 Å². The summed E-state index contributed by atoms with van der Waals surface area (Å²) >= 11 is 5.90. The monoisotopic (exact) mass is 296 g/mol. The Labute approximate surface area is 124 Å². The molecule has 1 aromatic heterocycles. The molecule has 4 atom stereocenters. The number of hydrogen-bond donors (Lipinski definition) is 1. The summed E-state index contributed by atoms with van der Waals surface area (Å²) in [6.07, 6.45) is 5.61. The predicted octanol–water partition coefficient (Wildman–Crippen LogP) is 3.12. The van der Waals surface area contributed by atoms with Crippen LogP contribution in [0, 0.1) is 24.7 Å². The van der Waals surface area contributed by atoms with Gasteiger partial charge >= 0.3 is 0 Å². The van der Waals surface area contributed by atoms with E-state index in [0.29, 0.717) is 17.2 Å². The van der Waals surface area contributed by atoms with E-state index in [1.54, 1.807) is 6.92 Å². The maximum atomic E-state index is 12.1. The minimum absolute atomic E-state index is 0.00785. The number of amides is 1. The highest BCUT2D eigenvalue weighted by Gasteiger charge is 2.42. The number of fused-ring (bicyclic) bond motifs is 2. The molecule has 1 amide bonds. The van der Waals surface area contributed by atoms with Crippen LogP contribution in [0.2, 0.25) is 5.22 Å². The second kappa shape index (κ2) is 5.40. The summed E-state index contributed by atoms with van der Waals surface area (Å²) in [6, 6.07) is 0.247. The molecule has 5 heteroatoms. The van der Waals surface area contributed by atoms with Crippen molar-refractivity contribution < 1.29 is 9.32 Å². The van der Waals surface area contributed by atoms with Crippen molar-refractivity contribution in [3.8, 4) is 0 Å². The van der Waals surface area contributed by atoms with Crippen LogP contribution in [0.25, 0.3) is 0 Å². The third-order valence-electron chi connectivity index (χ3n) is 5.10. The van der Waals surface area contributed by atoms with Crippen molar-refractivity contribution in [1.82, 2.24) is 10.5 Å². The lowest BCUT2D eigenvalue weighted by Crippen LogP contribution is -2.40. The first-order chi connectivity index (χ1) is 9.54. The first-order valence-corrected chi connectivity index (χ1v) is 7.82. The van der Waals surface area contributed by atoms with Crippen molar-refractivity contribution in [3.05, 3.63) is 16.5 Å². The van der Waals surface area contributed by atoms with Crippen molar-refractivity contribution in [2.24, 2.45) is 17.8 Å². The van der Waals surface area contributed by atoms with E-state index in [1.807, 2.05) is 0 Å². The predicted molar refractivity (Wildman–Crippen MR) is 76.5 cm³/mol. The smallest absolute Gasteiger partial charge is 0.229 e. The van der Waals surface area contributed by atoms with Gasteiger partial charge in [-0.05, 0) is 62.5 Å². The van der Waals surface area contributed by atoms with E-state index in [-0.39, 0.29) is 23.6 Å². The SMILES string of the molecule is Cc1noc(Cl)c1CC(=O)N[C@@H](C)[C@H]1C[C@H]2CC[C@H]1C2. The molecular weight excluding hydrogens is 276 g/mol. The van der Waals surface area contributed by atoms with E-state index >= 15 is 0 Å². The number of rotatable bonds is 4. The maximum absolute atomic E-state index is 12.1. The molecule has 2 fully saturated rings. The molecule has 1 heterocycles. The second-order valence-corrected chi connectivity index (χ2v) is 6.74. The van der Waals surface area contributed by atoms with Crippen molar-refractivity contribution in [2.45, 2.75) is 52.0 Å². The number of aromatic nitrogens is 1. The summed E-state index contributed by atoms with van der Waals surface area (Å²) in [5.74, 6) is 2.38. The molecule has 2 aliphatic rings. The van der Waals surface area contributed by atoms with E-state index < -0.39 is 0 Å². The summed E-state index contributed by atoms with van der Waals surface area (Å²) in [6.45, 7) is 3.93. The third kappa shape index (κ3) is 2.58. The van der Waals surface area contributed by atoms with E-state index in [1.165, 1.54) is 25.7 Å². The van der Waals surface area contributed by atoms with Gasteiger partial charge in [-0.3, -0.25) is 4.79 Å². The zero-order chi connectivity index (χ0) is 14.3. The number of nitrogens with one attached hydrogen (secondary N) is 1. The van der Waals surface area contributed by atoms with Crippen LogP contribution in [0.5, 0.6) is 0 Å². The third-order valence-corrected chi connectivity index (χ3v) is 5.39. The number of carbonyl (C=O) groups excluding carboxylic acids is 1. The van der Waals surface area contributed by atoms with Gasteiger partial charge in [0, 0.05) is 11.6 Å². The van der Waals surface area contributed by atoms with Crippen molar-refractivity contribution in [2.75, 3.05) is 0 Å². The molecule has 1 aromatic rings. The van der Waals surface area contributed by atoms with Gasteiger partial charge in [-0.15, -0.1) is 0 Å². The van der Waals surface area contributed by atoms with Gasteiger partial charge in [0.1, 0.15) is 0 Å². The van der Waals surface area contributed by atoms with Gasteiger partial charge in [0.15, 0.2) is 0 Å². The van der Waals surface area contributed by atoms with Crippen LogP contribution >= 0.6 is 11.6 Å². The van der Waals surface area contributed by atoms with Gasteiger partial charge in [0.2, 0.25) is 11.1 Å². The molecule has 0 unspecified atom stereocenters. The van der Waals surface area contributed by atoms with Crippen LogP contribution in [0.15, 0.2) is 4.52 Å². The standard InChI is InChI=1S/C15H21ClN2O2/c1-8(12-6-10-3-4-11(12)5-10)17-14(19)7-13-9(2)18-20-15(13)16/h8,10-12H,3-7H2,1-2H3,(H,17,19)/t8-,10-,11-,12+/m0/s1. The molecule has 2 bridgehead atoms. The van der Waals surface area contributed by atoms with Crippen LogP contribution in [-0.4, -0.2) is 17.1 Å². The zero-order valence-electron chi connectivity index (χ0n) is 12.0. The largest absolute Gasteiger partial charge is 0.353 e. The number of carbonyl (C=O) groups is 1. The molecule has 1 N–H and O–H groups in total. The van der Waals surface area contributed by atoms with Crippen LogP contribution in [0.4, 0.5) is 0 Å². The summed E-state index contributed by atoms with van der Waals surface area (Å²) in [5, 5.41) is 7.13. The molecule has 0 aliphatic heterocycles. The molecule has 20 heavy (non-hydrogen) atoms. The second-order valence-electron chi connectivity index (χ2n) is 6.39. The Bertz CT molecular complexity index is 494. The Morgan fingerprint density at radius 2 is 2.30 bits per heavy atom. The molecule has 2 saturated carbocycles. The summed E-state index contributed by atoms with van der Waals surface area (Å²) in [7, 11) is 0. The number of nitrogens with zero attached hydrogens (tertiary/aromatic N) is 1. The number of hydrogen-bond acceptors (Lipinski definition) is 3. The minimum Gasteiger partial charge on any atom is -0.353 e. The topological polar surface area (TPSA) is 55.1 Å². The lowest BCUT2D eigenvalue weighted by atomic mass is 9.84. The van der Waals surface area contributed by atoms with E-state index in [4.69, 9.17) is 16.1 Å². The summed E-state index contributed by atoms with van der Waals surface area (Å²) < 4.78 is 4.88. The molecule has 4 nitrogen and oxygen atoms in total. The van der Waals surface area contributed by atoms with Crippen molar-refractivity contribution in [1.29, 1.82) is 0 Å². The molecule has 2 aliphatic carbocycles. The number of halogens is 1. The Balaban J connectivity index is 1.56. The van der Waals surface area contributed by atoms with Crippen LogP contribution in [0.3, 0.4) is 0 Å². The summed E-state index contributed by atoms with van der Waals surface area (Å²) in [5.41, 5.74) is 1.39. The lowest BCUT2D eigenvalue weighted by molar-refractivity contribution is -0.121. The Morgan fingerprint density at radius 3 is 2.85 bits per heavy atom. The van der Waals surface area contributed by atoms with Crippen molar-refractivity contribution >= 4 is 17.5 Å². The van der Waals surface area contributed by atoms with Crippen molar-refractivity contribution in [3.63, 3.8) is 0 Å². The minimum atomic E-state index is 0.00785. The molecule has 110 valence electrons. The fourth-order valence-electron chi connectivity index (χ4n) is 4.04. The lowest BCUT2D eigenvalue weighted by Gasteiger charge is -2.28. The van der Waals surface area contributed by atoms with Crippen LogP contribution in [0.1, 0.15) is 43.9 Å². The van der Waals surface area contributed by atoms with Gasteiger partial charge in [0.05, 0.1) is 12.1 Å². The van der Waals surface area contributed by atoms with E-state index in [0.717, 1.165) is 11.8 Å². The van der Waals surface area contributed by atoms with Gasteiger partial charge in [-0.25, -0.2) is 0 Å². The quantitative estimate of drug-likeness (QED) is 0.929. The average Bonchev–Trinajstić information content (AvgIpc) is 3.10. The first kappa shape index (κ1) is 13.9. The Hall–Kier alpha value is -1.03.